The quantitative estimate of drug-likeness (QED) is 0.630. The lowest BCUT2D eigenvalue weighted by molar-refractivity contribution is -0.122. The predicted octanol–water partition coefficient (Wildman–Crippen LogP) is 4.15. The Morgan fingerprint density at radius 1 is 1.00 bits per heavy atom. The number of fused-ring (bicyclic) bond motifs is 1. The average Bonchev–Trinajstić information content (AvgIpc) is 3.21. The van der Waals surface area contributed by atoms with E-state index >= 15 is 0 Å². The number of aryl methyl sites for hydroxylation is 1. The fourth-order valence-corrected chi connectivity index (χ4v) is 5.02. The predicted molar refractivity (Wildman–Crippen MR) is 121 cm³/mol. The SMILES string of the molecule is Cc1ccc(O[C@H](C)C(=O)Nc2ccc(S(=O)(=O)N3CCc4ccccc43)cc2)cc1. The number of benzene rings is 3. The third-order valence-corrected chi connectivity index (χ3v) is 7.08. The van der Waals surface area contributed by atoms with E-state index in [1.54, 1.807) is 19.1 Å². The number of hydrogen-bond acceptors (Lipinski definition) is 4. The van der Waals surface area contributed by atoms with Gasteiger partial charge in [0.2, 0.25) is 0 Å². The molecule has 1 amide bonds. The van der Waals surface area contributed by atoms with Crippen LogP contribution in [0.3, 0.4) is 0 Å². The smallest absolute Gasteiger partial charge is 0.265 e. The third-order valence-electron chi connectivity index (χ3n) is 5.26. The van der Waals surface area contributed by atoms with Crippen LogP contribution in [0.2, 0.25) is 0 Å². The van der Waals surface area contributed by atoms with Gasteiger partial charge in [-0.1, -0.05) is 35.9 Å². The van der Waals surface area contributed by atoms with E-state index in [0.29, 0.717) is 24.4 Å². The van der Waals surface area contributed by atoms with Crippen molar-refractivity contribution in [2.45, 2.75) is 31.3 Å². The van der Waals surface area contributed by atoms with Crippen molar-refractivity contribution in [2.24, 2.45) is 0 Å². The zero-order chi connectivity index (χ0) is 22.0. The summed E-state index contributed by atoms with van der Waals surface area (Å²) in [5.41, 5.74) is 3.36. The Morgan fingerprint density at radius 3 is 2.39 bits per heavy atom. The number of carbonyl (C=O) groups is 1. The van der Waals surface area contributed by atoms with E-state index in [1.807, 2.05) is 55.5 Å². The molecule has 0 saturated carbocycles. The Bertz CT molecular complexity index is 1190. The maximum absolute atomic E-state index is 13.1. The molecule has 160 valence electrons. The Balaban J connectivity index is 1.43. The normalized spacial score (nSPS) is 14.1. The number of carbonyl (C=O) groups excluding carboxylic acids is 1. The van der Waals surface area contributed by atoms with Gasteiger partial charge in [0.1, 0.15) is 5.75 Å². The molecule has 1 aliphatic rings. The van der Waals surface area contributed by atoms with Crippen molar-refractivity contribution in [2.75, 3.05) is 16.2 Å². The molecule has 3 aromatic rings. The molecule has 0 unspecified atom stereocenters. The van der Waals surface area contributed by atoms with Gasteiger partial charge in [-0.25, -0.2) is 8.42 Å². The molecule has 1 heterocycles. The summed E-state index contributed by atoms with van der Waals surface area (Å²) in [7, 11) is -3.66. The molecule has 1 aliphatic heterocycles. The largest absolute Gasteiger partial charge is 0.481 e. The summed E-state index contributed by atoms with van der Waals surface area (Å²) < 4.78 is 33.3. The minimum atomic E-state index is -3.66. The number of sulfonamides is 1. The van der Waals surface area contributed by atoms with Crippen molar-refractivity contribution < 1.29 is 17.9 Å². The van der Waals surface area contributed by atoms with Crippen molar-refractivity contribution in [1.82, 2.24) is 0 Å². The van der Waals surface area contributed by atoms with Crippen LogP contribution < -0.4 is 14.4 Å². The average molecular weight is 437 g/mol. The molecule has 0 spiro atoms. The zero-order valence-corrected chi connectivity index (χ0v) is 18.2. The molecule has 0 aromatic heterocycles. The molecule has 0 saturated heterocycles. The first-order valence-corrected chi connectivity index (χ1v) is 11.5. The van der Waals surface area contributed by atoms with E-state index in [1.165, 1.54) is 16.4 Å². The number of amides is 1. The van der Waals surface area contributed by atoms with Gasteiger partial charge in [-0.15, -0.1) is 0 Å². The van der Waals surface area contributed by atoms with Crippen LogP contribution in [0.15, 0.2) is 77.7 Å². The van der Waals surface area contributed by atoms with Gasteiger partial charge in [0, 0.05) is 12.2 Å². The highest BCUT2D eigenvalue weighted by atomic mass is 32.2. The zero-order valence-electron chi connectivity index (χ0n) is 17.4. The standard InChI is InChI=1S/C24H24N2O4S/c1-17-7-11-21(12-8-17)30-18(2)24(27)25-20-9-13-22(14-10-20)31(28,29)26-16-15-19-5-3-4-6-23(19)26/h3-14,18H,15-16H2,1-2H3,(H,25,27)/t18-/m1/s1. The molecule has 31 heavy (non-hydrogen) atoms. The van der Waals surface area contributed by atoms with Gasteiger partial charge in [0.25, 0.3) is 15.9 Å². The van der Waals surface area contributed by atoms with Crippen molar-refractivity contribution in [3.05, 3.63) is 83.9 Å². The number of nitrogens with one attached hydrogen (secondary N) is 1. The Kier molecular flexibility index (Phi) is 5.69. The van der Waals surface area contributed by atoms with Gasteiger partial charge in [-0.2, -0.15) is 0 Å². The highest BCUT2D eigenvalue weighted by Crippen LogP contribution is 2.32. The van der Waals surface area contributed by atoms with Gasteiger partial charge in [-0.05, 0) is 68.3 Å². The van der Waals surface area contributed by atoms with E-state index in [-0.39, 0.29) is 10.8 Å². The highest BCUT2D eigenvalue weighted by Gasteiger charge is 2.30. The van der Waals surface area contributed by atoms with Crippen molar-refractivity contribution >= 4 is 27.3 Å². The van der Waals surface area contributed by atoms with Gasteiger partial charge < -0.3 is 10.1 Å². The number of ether oxygens (including phenoxy) is 1. The van der Waals surface area contributed by atoms with Crippen LogP contribution in [0.25, 0.3) is 0 Å². The topological polar surface area (TPSA) is 75.7 Å². The third kappa shape index (κ3) is 4.41. The summed E-state index contributed by atoms with van der Waals surface area (Å²) in [4.78, 5) is 12.6. The molecule has 1 N–H and O–H groups in total. The van der Waals surface area contributed by atoms with Crippen LogP contribution in [0.1, 0.15) is 18.1 Å². The van der Waals surface area contributed by atoms with E-state index in [0.717, 1.165) is 16.8 Å². The van der Waals surface area contributed by atoms with Crippen LogP contribution in [-0.2, 0) is 21.2 Å². The number of rotatable bonds is 6. The molecular weight excluding hydrogens is 412 g/mol. The number of nitrogens with zero attached hydrogens (tertiary/aromatic N) is 1. The molecule has 0 bridgehead atoms. The first kappa shape index (κ1) is 20.9. The lowest BCUT2D eigenvalue weighted by atomic mass is 10.2. The first-order chi connectivity index (χ1) is 14.8. The van der Waals surface area contributed by atoms with Crippen LogP contribution in [0, 0.1) is 6.92 Å². The fraction of sp³-hybridized carbons (Fsp3) is 0.208. The molecule has 1 atom stereocenters. The number of hydrogen-bond donors (Lipinski definition) is 1. The summed E-state index contributed by atoms with van der Waals surface area (Å²) in [6.45, 7) is 4.07. The highest BCUT2D eigenvalue weighted by molar-refractivity contribution is 7.92. The van der Waals surface area contributed by atoms with Gasteiger partial charge in [0.05, 0.1) is 10.6 Å². The van der Waals surface area contributed by atoms with Crippen LogP contribution >= 0.6 is 0 Å². The fourth-order valence-electron chi connectivity index (χ4n) is 3.51. The molecule has 6 nitrogen and oxygen atoms in total. The molecule has 4 rings (SSSR count). The van der Waals surface area contributed by atoms with E-state index < -0.39 is 16.1 Å². The Morgan fingerprint density at radius 2 is 1.68 bits per heavy atom. The van der Waals surface area contributed by atoms with Gasteiger partial charge in [0.15, 0.2) is 6.10 Å². The Labute approximate surface area is 182 Å². The summed E-state index contributed by atoms with van der Waals surface area (Å²) in [6.07, 6.45) is -0.00481. The first-order valence-electron chi connectivity index (χ1n) is 10.1. The van der Waals surface area contributed by atoms with E-state index in [4.69, 9.17) is 4.74 Å². The minimum absolute atomic E-state index is 0.186. The minimum Gasteiger partial charge on any atom is -0.481 e. The summed E-state index contributed by atoms with van der Waals surface area (Å²) in [6, 6.07) is 21.2. The van der Waals surface area contributed by atoms with Crippen molar-refractivity contribution in [3.8, 4) is 5.75 Å². The van der Waals surface area contributed by atoms with Crippen LogP contribution in [0.5, 0.6) is 5.75 Å². The van der Waals surface area contributed by atoms with Crippen molar-refractivity contribution in [3.63, 3.8) is 0 Å². The molecular formula is C24H24N2O4S. The number of anilines is 2. The molecule has 0 aliphatic carbocycles. The Hall–Kier alpha value is -3.32. The van der Waals surface area contributed by atoms with Crippen LogP contribution in [0.4, 0.5) is 11.4 Å². The van der Waals surface area contributed by atoms with Gasteiger partial charge >= 0.3 is 0 Å². The number of para-hydroxylation sites is 1. The second kappa shape index (κ2) is 8.43. The monoisotopic (exact) mass is 436 g/mol. The second-order valence-electron chi connectivity index (χ2n) is 7.54. The van der Waals surface area contributed by atoms with Crippen molar-refractivity contribution in [1.29, 1.82) is 0 Å². The lowest BCUT2D eigenvalue weighted by Crippen LogP contribution is -2.30. The lowest BCUT2D eigenvalue weighted by Gasteiger charge is -2.20. The second-order valence-corrected chi connectivity index (χ2v) is 9.40. The van der Waals surface area contributed by atoms with E-state index in [2.05, 4.69) is 5.32 Å². The molecule has 3 aromatic carbocycles. The molecule has 0 radical (unpaired) electrons. The maximum Gasteiger partial charge on any atom is 0.265 e. The molecule has 0 fully saturated rings. The van der Waals surface area contributed by atoms with Crippen LogP contribution in [-0.4, -0.2) is 27.0 Å². The summed E-state index contributed by atoms with van der Waals surface area (Å²) in [5.74, 6) is 0.297. The molecule has 7 heteroatoms. The summed E-state index contributed by atoms with van der Waals surface area (Å²) >= 11 is 0. The van der Waals surface area contributed by atoms with Gasteiger partial charge in [-0.3, -0.25) is 9.10 Å². The summed E-state index contributed by atoms with van der Waals surface area (Å²) in [5, 5.41) is 2.76. The maximum atomic E-state index is 13.1. The van der Waals surface area contributed by atoms with E-state index in [9.17, 15) is 13.2 Å².